The molecule has 3 aromatic rings. The summed E-state index contributed by atoms with van der Waals surface area (Å²) in [4.78, 5) is 16.2. The fourth-order valence-corrected chi connectivity index (χ4v) is 2.88. The number of aromatic hydroxyl groups is 1. The van der Waals surface area contributed by atoms with E-state index in [2.05, 4.69) is 15.6 Å². The van der Waals surface area contributed by atoms with Crippen molar-refractivity contribution in [2.45, 2.75) is 27.2 Å². The molecule has 0 radical (unpaired) electrons. The number of hydrogen-bond acceptors (Lipinski definition) is 5. The Balaban J connectivity index is 1.75. The van der Waals surface area contributed by atoms with Crippen molar-refractivity contribution in [3.63, 3.8) is 0 Å². The van der Waals surface area contributed by atoms with Crippen LogP contribution in [0.25, 0.3) is 22.6 Å². The largest absolute Gasteiger partial charge is 0.507 e. The third kappa shape index (κ3) is 4.62. The number of phenolic OH excluding ortho intramolecular Hbond substituents is 1. The van der Waals surface area contributed by atoms with Crippen LogP contribution in [0.2, 0.25) is 0 Å². The Hall–Kier alpha value is -2.93. The van der Waals surface area contributed by atoms with Gasteiger partial charge < -0.3 is 20.2 Å². The number of amides is 1. The number of aryl methyl sites for hydroxylation is 1. The smallest absolute Gasteiger partial charge is 0.231 e. The molecule has 6 nitrogen and oxygen atoms in total. The molecule has 1 aromatic heterocycles. The maximum absolute atomic E-state index is 11.8. The van der Waals surface area contributed by atoms with E-state index in [0.29, 0.717) is 29.1 Å². The third-order valence-corrected chi connectivity index (χ3v) is 4.08. The SMILES string of the molecule is Cc1ccc2nc(-c3ccc(NC(=S)NC(=O)CC(C)C)cc3O)oc2c1. The minimum Gasteiger partial charge on any atom is -0.507 e. The van der Waals surface area contributed by atoms with Crippen LogP contribution in [-0.2, 0) is 4.79 Å². The summed E-state index contributed by atoms with van der Waals surface area (Å²) in [6.07, 6.45) is 0.392. The minimum absolute atomic E-state index is 0.000384. The molecule has 0 aliphatic heterocycles. The normalized spacial score (nSPS) is 11.0. The van der Waals surface area contributed by atoms with Crippen LogP contribution in [-0.4, -0.2) is 21.1 Å². The number of hydrogen-bond donors (Lipinski definition) is 3. The van der Waals surface area contributed by atoms with Crippen LogP contribution >= 0.6 is 12.2 Å². The van der Waals surface area contributed by atoms with Crippen LogP contribution in [0.15, 0.2) is 40.8 Å². The van der Waals surface area contributed by atoms with Gasteiger partial charge in [-0.05, 0) is 54.9 Å². The molecule has 2 aromatic carbocycles. The molecule has 0 unspecified atom stereocenters. The molecule has 0 fully saturated rings. The van der Waals surface area contributed by atoms with E-state index in [4.69, 9.17) is 16.6 Å². The molecule has 27 heavy (non-hydrogen) atoms. The van der Waals surface area contributed by atoms with Gasteiger partial charge in [0.25, 0.3) is 0 Å². The number of phenols is 1. The van der Waals surface area contributed by atoms with Crippen LogP contribution in [0.5, 0.6) is 5.75 Å². The van der Waals surface area contributed by atoms with Gasteiger partial charge in [0.15, 0.2) is 10.7 Å². The Labute approximate surface area is 162 Å². The lowest BCUT2D eigenvalue weighted by Gasteiger charge is -2.11. The molecule has 0 spiro atoms. The summed E-state index contributed by atoms with van der Waals surface area (Å²) in [5.74, 6) is 0.438. The summed E-state index contributed by atoms with van der Waals surface area (Å²) in [5, 5.41) is 16.1. The van der Waals surface area contributed by atoms with Gasteiger partial charge in [-0.25, -0.2) is 4.98 Å². The summed E-state index contributed by atoms with van der Waals surface area (Å²) >= 11 is 5.13. The molecule has 0 saturated carbocycles. The summed E-state index contributed by atoms with van der Waals surface area (Å²) < 4.78 is 5.75. The molecule has 0 aliphatic rings. The quantitative estimate of drug-likeness (QED) is 0.580. The first-order valence-electron chi connectivity index (χ1n) is 8.63. The Morgan fingerprint density at radius 1 is 1.26 bits per heavy atom. The fourth-order valence-electron chi connectivity index (χ4n) is 2.65. The van der Waals surface area contributed by atoms with Crippen LogP contribution < -0.4 is 10.6 Å². The third-order valence-electron chi connectivity index (χ3n) is 3.88. The Bertz CT molecular complexity index is 1010. The van der Waals surface area contributed by atoms with E-state index < -0.39 is 0 Å². The molecule has 1 amide bonds. The zero-order chi connectivity index (χ0) is 19.6. The van der Waals surface area contributed by atoms with E-state index in [1.54, 1.807) is 12.1 Å². The lowest BCUT2D eigenvalue weighted by Crippen LogP contribution is -2.34. The number of benzene rings is 2. The fraction of sp³-hybridized carbons (Fsp3) is 0.250. The number of fused-ring (bicyclic) bond motifs is 1. The summed E-state index contributed by atoms with van der Waals surface area (Å²) in [7, 11) is 0. The van der Waals surface area contributed by atoms with Crippen molar-refractivity contribution in [2.75, 3.05) is 5.32 Å². The van der Waals surface area contributed by atoms with Crippen molar-refractivity contribution < 1.29 is 14.3 Å². The first-order chi connectivity index (χ1) is 12.8. The molecule has 0 atom stereocenters. The Morgan fingerprint density at radius 3 is 2.74 bits per heavy atom. The average molecular weight is 383 g/mol. The van der Waals surface area contributed by atoms with Crippen molar-refractivity contribution in [3.8, 4) is 17.2 Å². The highest BCUT2D eigenvalue weighted by Gasteiger charge is 2.14. The van der Waals surface area contributed by atoms with Gasteiger partial charge >= 0.3 is 0 Å². The monoisotopic (exact) mass is 383 g/mol. The van der Waals surface area contributed by atoms with Crippen LogP contribution in [0.3, 0.4) is 0 Å². The van der Waals surface area contributed by atoms with Crippen LogP contribution in [0.4, 0.5) is 5.69 Å². The van der Waals surface area contributed by atoms with Gasteiger partial charge in [0.05, 0.1) is 5.56 Å². The predicted molar refractivity (Wildman–Crippen MR) is 110 cm³/mol. The maximum atomic E-state index is 11.8. The molecular weight excluding hydrogens is 362 g/mol. The van der Waals surface area contributed by atoms with Crippen LogP contribution in [0, 0.1) is 12.8 Å². The molecule has 7 heteroatoms. The van der Waals surface area contributed by atoms with E-state index >= 15 is 0 Å². The van der Waals surface area contributed by atoms with E-state index in [-0.39, 0.29) is 22.7 Å². The number of nitrogens with zero attached hydrogens (tertiary/aromatic N) is 1. The molecule has 3 N–H and O–H groups in total. The average Bonchev–Trinajstić information content (AvgIpc) is 2.96. The highest BCUT2D eigenvalue weighted by molar-refractivity contribution is 7.80. The number of anilines is 1. The summed E-state index contributed by atoms with van der Waals surface area (Å²) in [6.45, 7) is 5.89. The first kappa shape index (κ1) is 18.8. The number of nitrogens with one attached hydrogen (secondary N) is 2. The first-order valence-corrected chi connectivity index (χ1v) is 9.04. The van der Waals surface area contributed by atoms with Crippen molar-refractivity contribution >= 4 is 40.0 Å². The number of carbonyl (C=O) groups excluding carboxylic acids is 1. The van der Waals surface area contributed by atoms with Crippen molar-refractivity contribution in [3.05, 3.63) is 42.0 Å². The van der Waals surface area contributed by atoms with E-state index in [9.17, 15) is 9.90 Å². The molecule has 1 heterocycles. The van der Waals surface area contributed by atoms with Gasteiger partial charge in [0, 0.05) is 18.2 Å². The van der Waals surface area contributed by atoms with Crippen molar-refractivity contribution in [1.29, 1.82) is 0 Å². The Kier molecular flexibility index (Phi) is 5.41. The summed E-state index contributed by atoms with van der Waals surface area (Å²) in [5.41, 5.74) is 3.50. The van der Waals surface area contributed by atoms with Gasteiger partial charge in [-0.1, -0.05) is 19.9 Å². The highest BCUT2D eigenvalue weighted by Crippen LogP contribution is 2.33. The molecule has 0 bridgehead atoms. The topological polar surface area (TPSA) is 87.4 Å². The second-order valence-corrected chi connectivity index (χ2v) is 7.23. The van der Waals surface area contributed by atoms with Gasteiger partial charge in [0.2, 0.25) is 11.8 Å². The summed E-state index contributed by atoms with van der Waals surface area (Å²) in [6, 6.07) is 10.7. The second-order valence-electron chi connectivity index (χ2n) is 6.82. The lowest BCUT2D eigenvalue weighted by atomic mass is 10.1. The molecular formula is C20H21N3O3S. The van der Waals surface area contributed by atoms with Crippen LogP contribution in [0.1, 0.15) is 25.8 Å². The van der Waals surface area contributed by atoms with E-state index in [1.165, 1.54) is 6.07 Å². The predicted octanol–water partition coefficient (Wildman–Crippen LogP) is 4.37. The van der Waals surface area contributed by atoms with E-state index in [1.807, 2.05) is 39.0 Å². The molecule has 0 saturated heterocycles. The second kappa shape index (κ2) is 7.75. The number of rotatable bonds is 4. The van der Waals surface area contributed by atoms with Gasteiger partial charge in [-0.15, -0.1) is 0 Å². The maximum Gasteiger partial charge on any atom is 0.231 e. The number of aromatic nitrogens is 1. The molecule has 0 aliphatic carbocycles. The lowest BCUT2D eigenvalue weighted by molar-refractivity contribution is -0.120. The molecule has 3 rings (SSSR count). The zero-order valence-electron chi connectivity index (χ0n) is 15.4. The number of carbonyl (C=O) groups is 1. The van der Waals surface area contributed by atoms with Gasteiger partial charge in [0.1, 0.15) is 11.3 Å². The number of oxazole rings is 1. The van der Waals surface area contributed by atoms with Gasteiger partial charge in [-0.3, -0.25) is 4.79 Å². The van der Waals surface area contributed by atoms with Crippen molar-refractivity contribution in [2.24, 2.45) is 5.92 Å². The molecule has 140 valence electrons. The standard InChI is InChI=1S/C20H21N3O3S/c1-11(2)8-18(25)23-20(27)21-13-5-6-14(16(24)10-13)19-22-15-7-4-12(3)9-17(15)26-19/h4-7,9-11,24H,8H2,1-3H3,(H2,21,23,25,27). The van der Waals surface area contributed by atoms with E-state index in [0.717, 1.165) is 11.1 Å². The Morgan fingerprint density at radius 2 is 2.04 bits per heavy atom. The zero-order valence-corrected chi connectivity index (χ0v) is 16.2. The number of thiocarbonyl (C=S) groups is 1. The van der Waals surface area contributed by atoms with Crippen molar-refractivity contribution in [1.82, 2.24) is 10.3 Å². The van der Waals surface area contributed by atoms with Gasteiger partial charge in [-0.2, -0.15) is 0 Å². The minimum atomic E-state index is -0.148. The highest BCUT2D eigenvalue weighted by atomic mass is 32.1.